The molecule has 35 heavy (non-hydrogen) atoms. The summed E-state index contributed by atoms with van der Waals surface area (Å²) in [7, 11) is -5.36. The molecule has 0 heterocycles. The van der Waals surface area contributed by atoms with Crippen molar-refractivity contribution in [2.45, 2.75) is 22.2 Å². The van der Waals surface area contributed by atoms with E-state index in [4.69, 9.17) is 4.12 Å². The van der Waals surface area contributed by atoms with Gasteiger partial charge < -0.3 is 4.12 Å². The van der Waals surface area contributed by atoms with Crippen molar-refractivity contribution in [2.75, 3.05) is 0 Å². The maximum atomic E-state index is 8.20. The third-order valence-corrected chi connectivity index (χ3v) is 18.4. The smallest absolute Gasteiger partial charge is 0.234 e. The lowest BCUT2D eigenvalue weighted by atomic mass is 10.4. The van der Waals surface area contributed by atoms with E-state index in [0.717, 1.165) is 0 Å². The SMILES string of the molecule is C1=CC([Si](O[Si](c2ccccc2)(C2C=CC=C2)C2C=CC=C2)(c2ccccc2)C2C=CC=C2)C=C1. The van der Waals surface area contributed by atoms with E-state index in [1.54, 1.807) is 0 Å². The topological polar surface area (TPSA) is 9.23 Å². The third kappa shape index (κ3) is 3.71. The van der Waals surface area contributed by atoms with E-state index in [0.29, 0.717) is 0 Å². The molecule has 3 heteroatoms. The highest BCUT2D eigenvalue weighted by Gasteiger charge is 2.59. The number of benzene rings is 2. The highest BCUT2D eigenvalue weighted by Crippen LogP contribution is 2.49. The number of hydrogen-bond acceptors (Lipinski definition) is 1. The zero-order valence-corrected chi connectivity index (χ0v) is 21.7. The summed E-state index contributed by atoms with van der Waals surface area (Å²) in [6, 6.07) is 22.2. The van der Waals surface area contributed by atoms with Gasteiger partial charge in [0.05, 0.1) is 0 Å². The summed E-state index contributed by atoms with van der Waals surface area (Å²) >= 11 is 0. The van der Waals surface area contributed by atoms with E-state index in [9.17, 15) is 0 Å². The molecule has 0 saturated carbocycles. The predicted octanol–water partition coefficient (Wildman–Crippen LogP) is 6.69. The van der Waals surface area contributed by atoms with Crippen LogP contribution in [0.1, 0.15) is 0 Å². The van der Waals surface area contributed by atoms with Crippen molar-refractivity contribution in [2.24, 2.45) is 0 Å². The maximum absolute atomic E-state index is 8.20. The van der Waals surface area contributed by atoms with Crippen LogP contribution < -0.4 is 10.4 Å². The third-order valence-electron chi connectivity index (χ3n) is 7.76. The van der Waals surface area contributed by atoms with Crippen LogP contribution in [0.4, 0.5) is 0 Å². The number of rotatable bonds is 8. The van der Waals surface area contributed by atoms with Crippen LogP contribution in [0.25, 0.3) is 0 Å². The van der Waals surface area contributed by atoms with Gasteiger partial charge in [-0.25, -0.2) is 0 Å². The molecule has 6 rings (SSSR count). The minimum atomic E-state index is -2.68. The van der Waals surface area contributed by atoms with E-state index < -0.39 is 16.6 Å². The van der Waals surface area contributed by atoms with Crippen molar-refractivity contribution in [1.82, 2.24) is 0 Å². The summed E-state index contributed by atoms with van der Waals surface area (Å²) in [4.78, 5) is 0. The van der Waals surface area contributed by atoms with Crippen LogP contribution in [0, 0.1) is 0 Å². The summed E-state index contributed by atoms with van der Waals surface area (Å²) in [5.74, 6) is 0. The van der Waals surface area contributed by atoms with Crippen molar-refractivity contribution in [1.29, 1.82) is 0 Å². The van der Waals surface area contributed by atoms with Gasteiger partial charge in [-0.1, -0.05) is 158 Å². The van der Waals surface area contributed by atoms with E-state index in [1.165, 1.54) is 10.4 Å². The van der Waals surface area contributed by atoms with Crippen LogP contribution in [-0.4, -0.2) is 16.6 Å². The zero-order chi connectivity index (χ0) is 23.6. The van der Waals surface area contributed by atoms with Crippen molar-refractivity contribution in [3.8, 4) is 0 Å². The molecule has 0 radical (unpaired) electrons. The molecule has 0 spiro atoms. The molecule has 0 atom stereocenters. The molecule has 2 aromatic carbocycles. The molecule has 0 aromatic heterocycles. The second-order valence-electron chi connectivity index (χ2n) is 9.60. The van der Waals surface area contributed by atoms with E-state index in [1.807, 2.05) is 0 Å². The molecule has 0 amide bonds. The van der Waals surface area contributed by atoms with Gasteiger partial charge in [0.25, 0.3) is 0 Å². The second-order valence-corrected chi connectivity index (χ2v) is 17.4. The number of hydrogen-bond donors (Lipinski definition) is 0. The van der Waals surface area contributed by atoms with Gasteiger partial charge in [0.15, 0.2) is 0 Å². The van der Waals surface area contributed by atoms with Gasteiger partial charge in [0.1, 0.15) is 0 Å². The quantitative estimate of drug-likeness (QED) is 0.378. The van der Waals surface area contributed by atoms with E-state index in [2.05, 4.69) is 158 Å². The van der Waals surface area contributed by atoms with Gasteiger partial charge in [-0.15, -0.1) is 0 Å². The maximum Gasteiger partial charge on any atom is 0.234 e. The molecule has 172 valence electrons. The summed E-state index contributed by atoms with van der Waals surface area (Å²) in [6.07, 6.45) is 36.7. The van der Waals surface area contributed by atoms with E-state index >= 15 is 0 Å². The van der Waals surface area contributed by atoms with Crippen LogP contribution in [-0.2, 0) is 4.12 Å². The summed E-state index contributed by atoms with van der Waals surface area (Å²) in [5.41, 5.74) is 1.06. The minimum Gasteiger partial charge on any atom is -0.446 e. The van der Waals surface area contributed by atoms with Gasteiger partial charge >= 0.3 is 0 Å². The lowest BCUT2D eigenvalue weighted by molar-refractivity contribution is 0.522. The van der Waals surface area contributed by atoms with E-state index in [-0.39, 0.29) is 22.2 Å². The van der Waals surface area contributed by atoms with Crippen LogP contribution in [0.3, 0.4) is 0 Å². The predicted molar refractivity (Wildman–Crippen MR) is 153 cm³/mol. The van der Waals surface area contributed by atoms with Crippen molar-refractivity contribution in [3.63, 3.8) is 0 Å². The van der Waals surface area contributed by atoms with Gasteiger partial charge in [-0.05, 0) is 10.4 Å². The Morgan fingerprint density at radius 1 is 0.371 bits per heavy atom. The minimum absolute atomic E-state index is 0.265. The molecule has 0 unspecified atom stereocenters. The normalized spacial score (nSPS) is 19.9. The summed E-state index contributed by atoms with van der Waals surface area (Å²) < 4.78 is 8.20. The summed E-state index contributed by atoms with van der Waals surface area (Å²) in [5, 5.41) is 2.74. The first kappa shape index (κ1) is 22.2. The Kier molecular flexibility index (Phi) is 5.99. The average molecular weight is 487 g/mol. The zero-order valence-electron chi connectivity index (χ0n) is 19.7. The Morgan fingerprint density at radius 3 is 0.886 bits per heavy atom. The Bertz CT molecular complexity index is 1090. The Hall–Kier alpha value is -3.25. The molecular weight excluding hydrogens is 457 g/mol. The molecule has 4 aliphatic carbocycles. The Morgan fingerprint density at radius 2 is 0.629 bits per heavy atom. The van der Waals surface area contributed by atoms with Crippen molar-refractivity contribution < 1.29 is 4.12 Å². The van der Waals surface area contributed by atoms with Gasteiger partial charge in [0, 0.05) is 22.2 Å². The van der Waals surface area contributed by atoms with Crippen LogP contribution in [0.15, 0.2) is 158 Å². The largest absolute Gasteiger partial charge is 0.446 e. The molecule has 0 fully saturated rings. The molecular formula is C32H30OSi2. The molecule has 0 N–H and O–H groups in total. The van der Waals surface area contributed by atoms with Gasteiger partial charge in [-0.3, -0.25) is 0 Å². The fourth-order valence-corrected chi connectivity index (χ4v) is 18.5. The van der Waals surface area contributed by atoms with Crippen LogP contribution >= 0.6 is 0 Å². The Labute approximate surface area is 210 Å². The molecule has 0 aliphatic heterocycles. The number of allylic oxidation sites excluding steroid dienone is 16. The lowest BCUT2D eigenvalue weighted by Gasteiger charge is -2.50. The van der Waals surface area contributed by atoms with Crippen molar-refractivity contribution in [3.05, 3.63) is 158 Å². The van der Waals surface area contributed by atoms with Gasteiger partial charge in [-0.2, -0.15) is 0 Å². The molecule has 2 aromatic rings. The van der Waals surface area contributed by atoms with Crippen molar-refractivity contribution >= 4 is 27.0 Å². The van der Waals surface area contributed by atoms with Crippen LogP contribution in [0.2, 0.25) is 22.2 Å². The fourth-order valence-electron chi connectivity index (χ4n) is 6.15. The average Bonchev–Trinajstić information content (AvgIpc) is 3.75. The standard InChI is InChI=1S/C32H30OSi2/c1-3-15-27(16-4-1)34(29-19-7-8-20-29,30-21-9-10-22-30)33-35(31-23-11-12-24-31,32-25-13-14-26-32)28-17-5-2-6-18-28/h1-26,29-32H. The molecule has 0 bridgehead atoms. The first-order valence-electron chi connectivity index (χ1n) is 12.6. The van der Waals surface area contributed by atoms with Crippen LogP contribution in [0.5, 0.6) is 0 Å². The lowest BCUT2D eigenvalue weighted by Crippen LogP contribution is -2.68. The second kappa shape index (κ2) is 9.42. The fraction of sp³-hybridized carbons (Fsp3) is 0.125. The molecule has 4 aliphatic rings. The molecule has 0 saturated heterocycles. The highest BCUT2D eigenvalue weighted by atomic mass is 28.4. The monoisotopic (exact) mass is 486 g/mol. The Balaban J connectivity index is 1.64. The summed E-state index contributed by atoms with van der Waals surface area (Å²) in [6.45, 7) is 0. The molecule has 1 nitrogen and oxygen atoms in total. The first-order valence-corrected chi connectivity index (χ1v) is 16.7. The van der Waals surface area contributed by atoms with Gasteiger partial charge in [0.2, 0.25) is 16.6 Å². The highest BCUT2D eigenvalue weighted by molar-refractivity contribution is 7.02. The first-order chi connectivity index (χ1) is 17.3.